The van der Waals surface area contributed by atoms with Crippen LogP contribution in [0, 0.1) is 0 Å². The summed E-state index contributed by atoms with van der Waals surface area (Å²) in [5.74, 6) is -0.137. The third-order valence-electron chi connectivity index (χ3n) is 5.28. The van der Waals surface area contributed by atoms with Crippen LogP contribution in [0.1, 0.15) is 58.2 Å². The summed E-state index contributed by atoms with van der Waals surface area (Å²) in [4.78, 5) is 26.8. The molecule has 2 amide bonds. The Morgan fingerprint density at radius 2 is 1.35 bits per heavy atom. The zero-order chi connectivity index (χ0) is 22.4. The average Bonchev–Trinajstić information content (AvgIpc) is 2.77. The summed E-state index contributed by atoms with van der Waals surface area (Å²) in [7, 11) is 1.80. The monoisotopic (exact) mass is 414 g/mol. The number of nitrogens with one attached hydrogen (secondary N) is 1. The van der Waals surface area contributed by atoms with Crippen molar-refractivity contribution < 1.29 is 9.59 Å². The number of hydrogen-bond acceptors (Lipinski definition) is 2. The first-order valence-electron chi connectivity index (χ1n) is 10.5. The van der Waals surface area contributed by atoms with Crippen LogP contribution in [0.25, 0.3) is 0 Å². The first-order chi connectivity index (χ1) is 14.7. The predicted octanol–water partition coefficient (Wildman–Crippen LogP) is 5.19. The molecule has 1 N–H and O–H groups in total. The molecule has 0 saturated carbocycles. The predicted molar refractivity (Wildman–Crippen MR) is 125 cm³/mol. The fraction of sp³-hybridized carbons (Fsp3) is 0.259. The summed E-state index contributed by atoms with van der Waals surface area (Å²) in [6.07, 6.45) is 0. The Kier molecular flexibility index (Phi) is 6.91. The number of nitrogens with zero attached hydrogens (tertiary/aromatic N) is 1. The lowest BCUT2D eigenvalue weighted by Crippen LogP contribution is -2.26. The summed E-state index contributed by atoms with van der Waals surface area (Å²) in [5.41, 5.74) is 4.56. The lowest BCUT2D eigenvalue weighted by atomic mass is 9.87. The van der Waals surface area contributed by atoms with Crippen molar-refractivity contribution in [3.8, 4) is 0 Å². The molecule has 0 saturated heterocycles. The summed E-state index contributed by atoms with van der Waals surface area (Å²) in [6.45, 7) is 7.42. The molecule has 0 aromatic heterocycles. The summed E-state index contributed by atoms with van der Waals surface area (Å²) < 4.78 is 0. The average molecular weight is 415 g/mol. The Morgan fingerprint density at radius 1 is 0.774 bits per heavy atom. The normalized spacial score (nSPS) is 11.1. The van der Waals surface area contributed by atoms with Gasteiger partial charge in [-0.2, -0.15) is 0 Å². The summed E-state index contributed by atoms with van der Waals surface area (Å²) in [5, 5.41) is 2.94. The van der Waals surface area contributed by atoms with E-state index >= 15 is 0 Å². The molecule has 160 valence electrons. The Bertz CT molecular complexity index is 1020. The van der Waals surface area contributed by atoms with Gasteiger partial charge in [0, 0.05) is 31.3 Å². The number of hydrogen-bond donors (Lipinski definition) is 1. The maximum atomic E-state index is 12.7. The zero-order valence-corrected chi connectivity index (χ0v) is 18.7. The molecule has 3 rings (SSSR count). The van der Waals surface area contributed by atoms with Gasteiger partial charge in [0.15, 0.2) is 0 Å². The van der Waals surface area contributed by atoms with Crippen LogP contribution >= 0.6 is 0 Å². The largest absolute Gasteiger partial charge is 0.348 e. The van der Waals surface area contributed by atoms with E-state index in [2.05, 4.69) is 26.1 Å². The van der Waals surface area contributed by atoms with E-state index in [9.17, 15) is 9.59 Å². The van der Waals surface area contributed by atoms with Gasteiger partial charge in [0.05, 0.1) is 0 Å². The molecule has 0 bridgehead atoms. The Labute approximate surface area is 184 Å². The van der Waals surface area contributed by atoms with Gasteiger partial charge in [0.1, 0.15) is 0 Å². The molecule has 0 aliphatic carbocycles. The van der Waals surface area contributed by atoms with Gasteiger partial charge in [-0.25, -0.2) is 0 Å². The second kappa shape index (κ2) is 9.61. The summed E-state index contributed by atoms with van der Waals surface area (Å²) >= 11 is 0. The van der Waals surface area contributed by atoms with Gasteiger partial charge in [0.25, 0.3) is 11.8 Å². The van der Waals surface area contributed by atoms with E-state index in [0.29, 0.717) is 24.2 Å². The van der Waals surface area contributed by atoms with Crippen LogP contribution in [0.3, 0.4) is 0 Å². The van der Waals surface area contributed by atoms with Crippen LogP contribution in [0.2, 0.25) is 0 Å². The second-order valence-corrected chi connectivity index (χ2v) is 8.85. The van der Waals surface area contributed by atoms with E-state index in [0.717, 1.165) is 11.1 Å². The van der Waals surface area contributed by atoms with E-state index in [1.165, 1.54) is 5.56 Å². The van der Waals surface area contributed by atoms with Gasteiger partial charge in [-0.1, -0.05) is 75.4 Å². The molecular weight excluding hydrogens is 384 g/mol. The van der Waals surface area contributed by atoms with Crippen molar-refractivity contribution in [2.45, 2.75) is 39.3 Å². The van der Waals surface area contributed by atoms with Crippen molar-refractivity contribution in [2.24, 2.45) is 0 Å². The van der Waals surface area contributed by atoms with E-state index in [1.807, 2.05) is 78.9 Å². The number of carbonyl (C=O) groups excluding carboxylic acids is 2. The highest BCUT2D eigenvalue weighted by Gasteiger charge is 2.15. The summed E-state index contributed by atoms with van der Waals surface area (Å²) in [6, 6.07) is 25.0. The van der Waals surface area contributed by atoms with E-state index in [4.69, 9.17) is 0 Å². The fourth-order valence-electron chi connectivity index (χ4n) is 3.32. The lowest BCUT2D eigenvalue weighted by Gasteiger charge is -2.19. The number of amides is 2. The Morgan fingerprint density at radius 3 is 1.94 bits per heavy atom. The van der Waals surface area contributed by atoms with Crippen molar-refractivity contribution >= 4 is 11.8 Å². The third-order valence-corrected chi connectivity index (χ3v) is 5.28. The van der Waals surface area contributed by atoms with Crippen LogP contribution in [0.5, 0.6) is 0 Å². The molecule has 0 unspecified atom stereocenters. The number of rotatable bonds is 6. The van der Waals surface area contributed by atoms with Crippen molar-refractivity contribution in [3.63, 3.8) is 0 Å². The van der Waals surface area contributed by atoms with Gasteiger partial charge < -0.3 is 10.2 Å². The molecule has 0 aliphatic heterocycles. The van der Waals surface area contributed by atoms with Crippen LogP contribution in [-0.2, 0) is 18.5 Å². The highest BCUT2D eigenvalue weighted by molar-refractivity contribution is 5.95. The van der Waals surface area contributed by atoms with Gasteiger partial charge in [0.2, 0.25) is 0 Å². The van der Waals surface area contributed by atoms with Crippen LogP contribution in [0.15, 0.2) is 78.9 Å². The van der Waals surface area contributed by atoms with E-state index in [-0.39, 0.29) is 17.2 Å². The molecule has 3 aromatic rings. The fourth-order valence-corrected chi connectivity index (χ4v) is 3.32. The minimum atomic E-state index is -0.108. The zero-order valence-electron chi connectivity index (χ0n) is 18.7. The molecule has 31 heavy (non-hydrogen) atoms. The molecule has 0 atom stereocenters. The van der Waals surface area contributed by atoms with Crippen LogP contribution in [0.4, 0.5) is 0 Å². The molecule has 0 spiro atoms. The third kappa shape index (κ3) is 6.05. The number of benzene rings is 3. The van der Waals surface area contributed by atoms with Gasteiger partial charge in [-0.15, -0.1) is 0 Å². The van der Waals surface area contributed by atoms with Gasteiger partial charge >= 0.3 is 0 Å². The molecule has 4 heteroatoms. The molecule has 0 heterocycles. The van der Waals surface area contributed by atoms with Crippen LogP contribution < -0.4 is 5.32 Å². The Hall–Kier alpha value is -3.40. The van der Waals surface area contributed by atoms with E-state index in [1.54, 1.807) is 11.9 Å². The molecular formula is C27H30N2O2. The first-order valence-corrected chi connectivity index (χ1v) is 10.5. The second-order valence-electron chi connectivity index (χ2n) is 8.85. The molecule has 0 aliphatic rings. The minimum absolute atomic E-state index is 0.0293. The Balaban J connectivity index is 1.55. The first kappa shape index (κ1) is 22.3. The molecule has 4 nitrogen and oxygen atoms in total. The maximum Gasteiger partial charge on any atom is 0.253 e. The SMILES string of the molecule is CN(Cc1ccccc1)C(=O)c1ccc(CNC(=O)c2ccc(C(C)(C)C)cc2)cc1. The number of carbonyl (C=O) groups is 2. The highest BCUT2D eigenvalue weighted by Crippen LogP contribution is 2.22. The van der Waals surface area contributed by atoms with Crippen LogP contribution in [-0.4, -0.2) is 23.8 Å². The molecule has 0 fully saturated rings. The topological polar surface area (TPSA) is 49.4 Å². The quantitative estimate of drug-likeness (QED) is 0.604. The molecule has 0 radical (unpaired) electrons. The van der Waals surface area contributed by atoms with Crippen molar-refractivity contribution in [1.29, 1.82) is 0 Å². The van der Waals surface area contributed by atoms with Crippen molar-refractivity contribution in [2.75, 3.05) is 7.05 Å². The lowest BCUT2D eigenvalue weighted by molar-refractivity contribution is 0.0784. The maximum absolute atomic E-state index is 12.7. The smallest absolute Gasteiger partial charge is 0.253 e. The standard InChI is InChI=1S/C27H30N2O2/c1-27(2,3)24-16-14-22(15-17-24)25(30)28-18-20-10-12-23(13-11-20)26(31)29(4)19-21-8-6-5-7-9-21/h5-17H,18-19H2,1-4H3,(H,28,30). The highest BCUT2D eigenvalue weighted by atomic mass is 16.2. The van der Waals surface area contributed by atoms with Crippen molar-refractivity contribution in [1.82, 2.24) is 10.2 Å². The van der Waals surface area contributed by atoms with Crippen molar-refractivity contribution in [3.05, 3.63) is 107 Å². The van der Waals surface area contributed by atoms with E-state index < -0.39 is 0 Å². The minimum Gasteiger partial charge on any atom is -0.348 e. The molecule has 3 aromatic carbocycles. The van der Waals surface area contributed by atoms with Gasteiger partial charge in [-0.3, -0.25) is 9.59 Å². The van der Waals surface area contributed by atoms with Gasteiger partial charge in [-0.05, 0) is 46.4 Å².